The third-order valence-corrected chi connectivity index (χ3v) is 6.68. The van der Waals surface area contributed by atoms with Crippen LogP contribution in [0.1, 0.15) is 0 Å². The van der Waals surface area contributed by atoms with Crippen LogP contribution in [0.2, 0.25) is 0 Å². The van der Waals surface area contributed by atoms with Gasteiger partial charge >= 0.3 is 0 Å². The Morgan fingerprint density at radius 3 is 1.19 bits per heavy atom. The molecule has 0 fully saturated rings. The number of nitrogens with two attached hydrogens (primary N) is 1. The minimum absolute atomic E-state index is 0.184. The number of hydrogen-bond donors (Lipinski definition) is 2. The quantitative estimate of drug-likeness (QED) is 0.0437. The summed E-state index contributed by atoms with van der Waals surface area (Å²) in [6.45, 7) is 9.58. The Hall–Kier alpha value is -3.76. The number of ether oxygens (including phenoxy) is 11. The van der Waals surface area contributed by atoms with Gasteiger partial charge in [-0.3, -0.25) is 20.2 Å². The van der Waals surface area contributed by atoms with Gasteiger partial charge in [-0.1, -0.05) is 0 Å². The van der Waals surface area contributed by atoms with Crippen molar-refractivity contribution in [1.82, 2.24) is 0 Å². The molecule has 0 aliphatic heterocycles. The molecule has 0 spiro atoms. The molecule has 0 aliphatic rings. The van der Waals surface area contributed by atoms with Crippen LogP contribution in [0, 0.1) is 20.2 Å². The topological polar surface area (TPSA) is 226 Å². The summed E-state index contributed by atoms with van der Waals surface area (Å²) in [6, 6.07) is 10.6. The van der Waals surface area contributed by atoms with Gasteiger partial charge < -0.3 is 63.2 Å². The first-order chi connectivity index (χ1) is 26.0. The minimum Gasteiger partial charge on any atom is -0.491 e. The molecular weight excluding hydrogens is 704 g/mol. The molecular formula is C34H54N4O15. The normalized spacial score (nSPS) is 11.2. The van der Waals surface area contributed by atoms with Crippen molar-refractivity contribution >= 4 is 22.7 Å². The fourth-order valence-electron chi connectivity index (χ4n) is 4.06. The van der Waals surface area contributed by atoms with E-state index >= 15 is 0 Å². The number of nitro groups is 2. The van der Waals surface area contributed by atoms with Crippen LogP contribution in [0.4, 0.5) is 22.7 Å². The molecule has 0 heterocycles. The zero-order valence-electron chi connectivity index (χ0n) is 30.2. The van der Waals surface area contributed by atoms with Gasteiger partial charge in [-0.05, 0) is 30.3 Å². The van der Waals surface area contributed by atoms with E-state index in [4.69, 9.17) is 57.8 Å². The standard InChI is InChI=1S/C34H54N4O15/c35-30-1-4-32(5-2-30)53-28-27-52-26-25-51-24-23-50-22-21-49-20-19-48-18-17-47-16-15-46-14-13-45-12-11-44-10-9-43-8-7-36-33-6-3-31(37(39)40)29-34(33)38(41)42/h1-6,29,36H,7-28,35H2. The lowest BCUT2D eigenvalue weighted by Gasteiger charge is -2.09. The fourth-order valence-corrected chi connectivity index (χ4v) is 4.06. The number of nitrogens with one attached hydrogen (secondary N) is 1. The molecule has 0 atom stereocenters. The monoisotopic (exact) mass is 758 g/mol. The maximum Gasteiger partial charge on any atom is 0.299 e. The van der Waals surface area contributed by atoms with Crippen molar-refractivity contribution in [2.45, 2.75) is 0 Å². The lowest BCUT2D eigenvalue weighted by molar-refractivity contribution is -0.393. The minimum atomic E-state index is -0.682. The summed E-state index contributed by atoms with van der Waals surface area (Å²) in [4.78, 5) is 20.6. The highest BCUT2D eigenvalue weighted by Gasteiger charge is 2.19. The van der Waals surface area contributed by atoms with Crippen LogP contribution in [0.25, 0.3) is 0 Å². The van der Waals surface area contributed by atoms with Gasteiger partial charge in [0.15, 0.2) is 0 Å². The molecule has 19 nitrogen and oxygen atoms in total. The maximum atomic E-state index is 11.2. The van der Waals surface area contributed by atoms with E-state index in [9.17, 15) is 20.2 Å². The van der Waals surface area contributed by atoms with E-state index in [2.05, 4.69) is 5.32 Å². The van der Waals surface area contributed by atoms with Crippen molar-refractivity contribution in [2.75, 3.05) is 156 Å². The Bertz CT molecular complexity index is 1210. The average Bonchev–Trinajstić information content (AvgIpc) is 3.15. The zero-order chi connectivity index (χ0) is 38.0. The van der Waals surface area contributed by atoms with Crippen LogP contribution >= 0.6 is 0 Å². The Labute approximate surface area is 309 Å². The van der Waals surface area contributed by atoms with Gasteiger partial charge in [0.2, 0.25) is 0 Å². The third-order valence-electron chi connectivity index (χ3n) is 6.68. The molecule has 0 unspecified atom stereocenters. The predicted molar refractivity (Wildman–Crippen MR) is 193 cm³/mol. The van der Waals surface area contributed by atoms with E-state index < -0.39 is 9.85 Å². The predicted octanol–water partition coefficient (Wildman–Crippen LogP) is 2.74. The van der Waals surface area contributed by atoms with Crippen LogP contribution in [0.5, 0.6) is 5.75 Å². The lowest BCUT2D eigenvalue weighted by atomic mass is 10.2. The first-order valence-electron chi connectivity index (χ1n) is 17.4. The molecule has 19 heteroatoms. The summed E-state index contributed by atoms with van der Waals surface area (Å²) in [5, 5.41) is 24.8. The molecule has 3 N–H and O–H groups in total. The molecule has 0 radical (unpaired) electrons. The van der Waals surface area contributed by atoms with E-state index in [0.717, 1.165) is 11.8 Å². The van der Waals surface area contributed by atoms with Crippen LogP contribution in [-0.2, 0) is 47.4 Å². The molecule has 0 saturated carbocycles. The van der Waals surface area contributed by atoms with E-state index in [1.165, 1.54) is 12.1 Å². The van der Waals surface area contributed by atoms with Gasteiger partial charge in [-0.15, -0.1) is 0 Å². The maximum absolute atomic E-state index is 11.2. The van der Waals surface area contributed by atoms with Crippen molar-refractivity contribution in [3.05, 3.63) is 62.7 Å². The Morgan fingerprint density at radius 1 is 0.472 bits per heavy atom. The van der Waals surface area contributed by atoms with Gasteiger partial charge in [-0.25, -0.2) is 0 Å². The fraction of sp³-hybridized carbons (Fsp3) is 0.647. The first kappa shape index (κ1) is 45.4. The SMILES string of the molecule is Nc1ccc(OCCOCCOCCOCCOCCOCCOCCOCCOCCOCCOCCNc2ccc([N+](=O)[O-])cc2[N+](=O)[O-])cc1. The summed E-state index contributed by atoms with van der Waals surface area (Å²) in [7, 11) is 0. The summed E-state index contributed by atoms with van der Waals surface area (Å²) in [5.74, 6) is 0.759. The van der Waals surface area contributed by atoms with E-state index in [1.54, 1.807) is 12.1 Å². The molecule has 0 bridgehead atoms. The molecule has 53 heavy (non-hydrogen) atoms. The first-order valence-corrected chi connectivity index (χ1v) is 17.4. The van der Waals surface area contributed by atoms with Gasteiger partial charge in [0.25, 0.3) is 11.4 Å². The summed E-state index contributed by atoms with van der Waals surface area (Å²) < 4.78 is 60.1. The molecule has 0 aliphatic carbocycles. The summed E-state index contributed by atoms with van der Waals surface area (Å²) in [6.07, 6.45) is 0. The van der Waals surface area contributed by atoms with Crippen LogP contribution in [-0.4, -0.2) is 155 Å². The van der Waals surface area contributed by atoms with E-state index in [1.807, 2.05) is 12.1 Å². The molecule has 0 amide bonds. The summed E-state index contributed by atoms with van der Waals surface area (Å²) >= 11 is 0. The molecule has 2 rings (SSSR count). The molecule has 0 aromatic heterocycles. The largest absolute Gasteiger partial charge is 0.491 e. The molecule has 2 aromatic carbocycles. The highest BCUT2D eigenvalue weighted by Crippen LogP contribution is 2.28. The van der Waals surface area contributed by atoms with E-state index in [-0.39, 0.29) is 30.2 Å². The van der Waals surface area contributed by atoms with E-state index in [0.29, 0.717) is 138 Å². The Morgan fingerprint density at radius 2 is 0.830 bits per heavy atom. The second-order valence-corrected chi connectivity index (χ2v) is 10.7. The average molecular weight is 759 g/mol. The number of nitrogens with zero attached hydrogens (tertiary/aromatic N) is 2. The highest BCUT2D eigenvalue weighted by molar-refractivity contribution is 5.65. The second kappa shape index (κ2) is 31.7. The van der Waals surface area contributed by atoms with Crippen LogP contribution < -0.4 is 15.8 Å². The van der Waals surface area contributed by atoms with Gasteiger partial charge in [0.1, 0.15) is 18.0 Å². The van der Waals surface area contributed by atoms with Crippen LogP contribution in [0.15, 0.2) is 42.5 Å². The lowest BCUT2D eigenvalue weighted by Crippen LogP contribution is -2.16. The van der Waals surface area contributed by atoms with Gasteiger partial charge in [0.05, 0.1) is 148 Å². The Balaban J connectivity index is 1.19. The number of anilines is 2. The van der Waals surface area contributed by atoms with Crippen molar-refractivity contribution in [3.63, 3.8) is 0 Å². The third kappa shape index (κ3) is 25.0. The van der Waals surface area contributed by atoms with Crippen LogP contribution in [0.3, 0.4) is 0 Å². The zero-order valence-corrected chi connectivity index (χ0v) is 30.2. The summed E-state index contributed by atoms with van der Waals surface area (Å²) in [5.41, 5.74) is 5.81. The Kier molecular flexibility index (Phi) is 27.2. The number of hydrogen-bond acceptors (Lipinski definition) is 17. The number of nitro benzene ring substituents is 2. The highest BCUT2D eigenvalue weighted by atomic mass is 16.6. The smallest absolute Gasteiger partial charge is 0.299 e. The number of benzene rings is 2. The second-order valence-electron chi connectivity index (χ2n) is 10.7. The van der Waals surface area contributed by atoms with Crippen molar-refractivity contribution in [3.8, 4) is 5.75 Å². The van der Waals surface area contributed by atoms with Crippen molar-refractivity contribution in [2.24, 2.45) is 0 Å². The van der Waals surface area contributed by atoms with Gasteiger partial charge in [-0.2, -0.15) is 0 Å². The van der Waals surface area contributed by atoms with Crippen molar-refractivity contribution in [1.29, 1.82) is 0 Å². The number of rotatable bonds is 37. The number of non-ortho nitro benzene ring substituents is 1. The van der Waals surface area contributed by atoms with Gasteiger partial charge in [0, 0.05) is 18.3 Å². The molecule has 2 aromatic rings. The molecule has 300 valence electrons. The molecule has 0 saturated heterocycles. The number of nitrogen functional groups attached to an aromatic ring is 1. The van der Waals surface area contributed by atoms with Crippen molar-refractivity contribution < 1.29 is 62.0 Å².